The standard InChI is InChI=1S/C19H23FN6O3/c1-19(2,3)28-18(27)26-9-7-25(8-10-26)17-22-15(23-29-17)16-21-13-6-5-12(20)11-14(13)24(16)4/h5-6,11H,7-10H2,1-4H3. The van der Waals surface area contributed by atoms with E-state index in [2.05, 4.69) is 15.1 Å². The number of imidazole rings is 1. The van der Waals surface area contributed by atoms with Gasteiger partial charge >= 0.3 is 12.1 Å². The quantitative estimate of drug-likeness (QED) is 0.651. The van der Waals surface area contributed by atoms with Crippen molar-refractivity contribution in [3.63, 3.8) is 0 Å². The first-order chi connectivity index (χ1) is 13.7. The lowest BCUT2D eigenvalue weighted by atomic mass is 10.2. The fourth-order valence-corrected chi connectivity index (χ4v) is 3.20. The zero-order valence-corrected chi connectivity index (χ0v) is 16.8. The lowest BCUT2D eigenvalue weighted by Crippen LogP contribution is -2.50. The number of nitrogens with zero attached hydrogens (tertiary/aromatic N) is 6. The minimum absolute atomic E-state index is 0.324. The average molecular weight is 402 g/mol. The molecule has 0 radical (unpaired) electrons. The van der Waals surface area contributed by atoms with Gasteiger partial charge in [0.1, 0.15) is 11.4 Å². The number of carbonyl (C=O) groups excluding carboxylic acids is 1. The zero-order valence-electron chi connectivity index (χ0n) is 16.8. The number of hydrogen-bond acceptors (Lipinski definition) is 7. The van der Waals surface area contributed by atoms with Crippen LogP contribution in [0.5, 0.6) is 0 Å². The van der Waals surface area contributed by atoms with Gasteiger partial charge in [-0.25, -0.2) is 14.2 Å². The van der Waals surface area contributed by atoms with Gasteiger partial charge in [-0.3, -0.25) is 0 Å². The molecule has 29 heavy (non-hydrogen) atoms. The summed E-state index contributed by atoms with van der Waals surface area (Å²) in [7, 11) is 1.78. The highest BCUT2D eigenvalue weighted by atomic mass is 19.1. The lowest BCUT2D eigenvalue weighted by Gasteiger charge is -2.34. The smallest absolute Gasteiger partial charge is 0.410 e. The summed E-state index contributed by atoms with van der Waals surface area (Å²) in [5.74, 6) is 0.491. The van der Waals surface area contributed by atoms with Crippen LogP contribution in [0.3, 0.4) is 0 Å². The lowest BCUT2D eigenvalue weighted by molar-refractivity contribution is 0.0238. The Bertz CT molecular complexity index is 1050. The minimum atomic E-state index is -0.524. The van der Waals surface area contributed by atoms with Crippen LogP contribution in [0.2, 0.25) is 0 Å². The zero-order chi connectivity index (χ0) is 20.8. The molecule has 0 atom stereocenters. The second-order valence-electron chi connectivity index (χ2n) is 7.98. The molecule has 154 valence electrons. The van der Waals surface area contributed by atoms with Crippen molar-refractivity contribution in [1.29, 1.82) is 0 Å². The molecule has 0 saturated carbocycles. The topological polar surface area (TPSA) is 89.5 Å². The van der Waals surface area contributed by atoms with Gasteiger partial charge < -0.3 is 23.6 Å². The van der Waals surface area contributed by atoms with Crippen LogP contribution < -0.4 is 4.90 Å². The van der Waals surface area contributed by atoms with Gasteiger partial charge in [0.2, 0.25) is 5.82 Å². The first-order valence-electron chi connectivity index (χ1n) is 9.40. The fraction of sp³-hybridized carbons (Fsp3) is 0.474. The van der Waals surface area contributed by atoms with Crippen LogP contribution in [0, 0.1) is 5.82 Å². The average Bonchev–Trinajstić information content (AvgIpc) is 3.26. The van der Waals surface area contributed by atoms with Crippen molar-refractivity contribution in [2.45, 2.75) is 26.4 Å². The Morgan fingerprint density at radius 2 is 1.90 bits per heavy atom. The summed E-state index contributed by atoms with van der Waals surface area (Å²) in [4.78, 5) is 24.7. The van der Waals surface area contributed by atoms with Crippen molar-refractivity contribution in [3.05, 3.63) is 24.0 Å². The first-order valence-corrected chi connectivity index (χ1v) is 9.40. The van der Waals surface area contributed by atoms with Gasteiger partial charge in [-0.1, -0.05) is 5.16 Å². The number of anilines is 1. The third kappa shape index (κ3) is 3.87. The van der Waals surface area contributed by atoms with Crippen molar-refractivity contribution in [1.82, 2.24) is 24.6 Å². The highest BCUT2D eigenvalue weighted by Crippen LogP contribution is 2.24. The van der Waals surface area contributed by atoms with Gasteiger partial charge in [-0.15, -0.1) is 0 Å². The van der Waals surface area contributed by atoms with Crippen LogP contribution in [0.1, 0.15) is 20.8 Å². The Morgan fingerprint density at radius 1 is 1.17 bits per heavy atom. The monoisotopic (exact) mass is 402 g/mol. The SMILES string of the molecule is Cn1c(-c2noc(N3CCN(C(=O)OC(C)(C)C)CC3)n2)nc2ccc(F)cc21. The number of piperazine rings is 1. The second kappa shape index (κ2) is 7.02. The summed E-state index contributed by atoms with van der Waals surface area (Å²) in [6.07, 6.45) is -0.324. The molecular weight excluding hydrogens is 379 g/mol. The van der Waals surface area contributed by atoms with Crippen molar-refractivity contribution >= 4 is 23.1 Å². The number of aromatic nitrogens is 4. The van der Waals surface area contributed by atoms with Crippen molar-refractivity contribution < 1.29 is 18.4 Å². The van der Waals surface area contributed by atoms with E-state index in [0.717, 1.165) is 0 Å². The van der Waals surface area contributed by atoms with Crippen LogP contribution in [0.4, 0.5) is 15.2 Å². The Labute approximate surface area is 167 Å². The van der Waals surface area contributed by atoms with E-state index in [9.17, 15) is 9.18 Å². The van der Waals surface area contributed by atoms with Gasteiger partial charge in [0.25, 0.3) is 0 Å². The number of carbonyl (C=O) groups is 1. The number of amides is 1. The molecule has 10 heteroatoms. The van der Waals surface area contributed by atoms with Gasteiger partial charge in [0, 0.05) is 33.2 Å². The number of rotatable bonds is 2. The van der Waals surface area contributed by atoms with Crippen LogP contribution in [-0.4, -0.2) is 62.5 Å². The van der Waals surface area contributed by atoms with E-state index < -0.39 is 5.60 Å². The molecule has 2 aromatic heterocycles. The number of fused-ring (bicyclic) bond motifs is 1. The van der Waals surface area contributed by atoms with Crippen LogP contribution >= 0.6 is 0 Å². The molecule has 0 unspecified atom stereocenters. The molecule has 0 spiro atoms. The Balaban J connectivity index is 1.47. The maximum absolute atomic E-state index is 13.5. The predicted octanol–water partition coefficient (Wildman–Crippen LogP) is 2.82. The van der Waals surface area contributed by atoms with Crippen LogP contribution in [-0.2, 0) is 11.8 Å². The van der Waals surface area contributed by atoms with E-state index in [1.165, 1.54) is 12.1 Å². The maximum Gasteiger partial charge on any atom is 0.410 e. The highest BCUT2D eigenvalue weighted by Gasteiger charge is 2.28. The summed E-state index contributed by atoms with van der Waals surface area (Å²) >= 11 is 0. The molecule has 3 aromatic rings. The van der Waals surface area contributed by atoms with E-state index >= 15 is 0 Å². The molecule has 1 aliphatic heterocycles. The van der Waals surface area contributed by atoms with E-state index in [-0.39, 0.29) is 11.9 Å². The number of halogens is 1. The molecule has 1 amide bonds. The summed E-state index contributed by atoms with van der Waals surface area (Å²) in [5.41, 5.74) is 0.781. The van der Waals surface area contributed by atoms with Crippen molar-refractivity contribution in [3.8, 4) is 11.6 Å². The van der Waals surface area contributed by atoms with Gasteiger partial charge in [0.15, 0.2) is 5.82 Å². The minimum Gasteiger partial charge on any atom is -0.444 e. The number of ether oxygens (including phenoxy) is 1. The van der Waals surface area contributed by atoms with E-state index in [4.69, 9.17) is 9.26 Å². The Hall–Kier alpha value is -3.17. The summed E-state index contributed by atoms with van der Waals surface area (Å²) < 4.78 is 26.1. The summed E-state index contributed by atoms with van der Waals surface area (Å²) in [5, 5.41) is 4.03. The molecule has 3 heterocycles. The number of aryl methyl sites for hydroxylation is 1. The predicted molar refractivity (Wildman–Crippen MR) is 104 cm³/mol. The van der Waals surface area contributed by atoms with Crippen LogP contribution in [0.15, 0.2) is 22.7 Å². The van der Waals surface area contributed by atoms with E-state index in [0.29, 0.717) is 54.9 Å². The third-order valence-corrected chi connectivity index (χ3v) is 4.66. The molecule has 0 aliphatic carbocycles. The van der Waals surface area contributed by atoms with E-state index in [1.54, 1.807) is 22.6 Å². The molecule has 0 bridgehead atoms. The molecule has 1 aliphatic rings. The third-order valence-electron chi connectivity index (χ3n) is 4.66. The fourth-order valence-electron chi connectivity index (χ4n) is 3.20. The first kappa shape index (κ1) is 19.2. The number of hydrogen-bond donors (Lipinski definition) is 0. The van der Waals surface area contributed by atoms with Gasteiger partial charge in [-0.05, 0) is 39.0 Å². The molecule has 1 fully saturated rings. The molecule has 1 aromatic carbocycles. The van der Waals surface area contributed by atoms with Gasteiger partial charge in [0.05, 0.1) is 11.0 Å². The van der Waals surface area contributed by atoms with Crippen molar-refractivity contribution in [2.75, 3.05) is 31.1 Å². The van der Waals surface area contributed by atoms with Crippen LogP contribution in [0.25, 0.3) is 22.7 Å². The molecule has 4 rings (SSSR count). The molecular formula is C19H23FN6O3. The second-order valence-corrected chi connectivity index (χ2v) is 7.98. The maximum atomic E-state index is 13.5. The Morgan fingerprint density at radius 3 is 2.59 bits per heavy atom. The molecule has 9 nitrogen and oxygen atoms in total. The van der Waals surface area contributed by atoms with Crippen molar-refractivity contribution in [2.24, 2.45) is 7.05 Å². The highest BCUT2D eigenvalue weighted by molar-refractivity contribution is 5.79. The number of benzene rings is 1. The summed E-state index contributed by atoms with van der Waals surface area (Å²) in [6.45, 7) is 7.63. The largest absolute Gasteiger partial charge is 0.444 e. The Kier molecular flexibility index (Phi) is 4.64. The van der Waals surface area contributed by atoms with E-state index in [1.807, 2.05) is 25.7 Å². The molecule has 0 N–H and O–H groups in total. The van der Waals surface area contributed by atoms with Gasteiger partial charge in [-0.2, -0.15) is 4.98 Å². The molecule has 1 saturated heterocycles. The normalized spacial score (nSPS) is 15.2. The summed E-state index contributed by atoms with van der Waals surface area (Å²) in [6, 6.07) is 4.76.